The summed E-state index contributed by atoms with van der Waals surface area (Å²) in [6.45, 7) is 1.89. The molecule has 0 saturated carbocycles. The van der Waals surface area contributed by atoms with Crippen LogP contribution in [0.4, 0.5) is 0 Å². The second-order valence-electron chi connectivity index (χ2n) is 2.61. The molecule has 1 aromatic rings. The Bertz CT molecular complexity index is 301. The van der Waals surface area contributed by atoms with Gasteiger partial charge in [-0.25, -0.2) is 0 Å². The molecule has 0 bridgehead atoms. The molecule has 2 heterocycles. The number of allylic oxidation sites excluding steroid dienone is 1. The van der Waals surface area contributed by atoms with Gasteiger partial charge in [-0.15, -0.1) is 0 Å². The number of rotatable bonds is 1. The van der Waals surface area contributed by atoms with Crippen LogP contribution >= 0.6 is 0 Å². The number of hydrogen-bond donors (Lipinski definition) is 0. The number of aliphatic imine (C=N–C) groups is 1. The molecule has 0 aliphatic carbocycles. The molecule has 0 N–H and O–H groups in total. The summed E-state index contributed by atoms with van der Waals surface area (Å²) in [5, 5.41) is 0. The molecule has 2 heteroatoms. The second kappa shape index (κ2) is 3.30. The molecule has 0 amide bonds. The zero-order chi connectivity index (χ0) is 8.23. The van der Waals surface area contributed by atoms with Crippen LogP contribution in [-0.2, 0) is 0 Å². The number of dihydropyridines is 1. The highest BCUT2D eigenvalue weighted by Gasteiger charge is 2.09. The van der Waals surface area contributed by atoms with Crippen LogP contribution in [0.5, 0.6) is 0 Å². The quantitative estimate of drug-likeness (QED) is 0.611. The molecule has 1 aliphatic heterocycles. The lowest BCUT2D eigenvalue weighted by Gasteiger charge is -2.09. The molecule has 1 aliphatic rings. The van der Waals surface area contributed by atoms with Gasteiger partial charge in [0, 0.05) is 24.0 Å². The Hall–Kier alpha value is -1.44. The summed E-state index contributed by atoms with van der Waals surface area (Å²) in [6.07, 6.45) is 7.60. The summed E-state index contributed by atoms with van der Waals surface area (Å²) >= 11 is 0. The van der Waals surface area contributed by atoms with Crippen molar-refractivity contribution >= 4 is 6.21 Å². The highest BCUT2D eigenvalue weighted by atomic mass is 14.8. The Morgan fingerprint density at radius 2 is 2.25 bits per heavy atom. The van der Waals surface area contributed by atoms with E-state index in [1.54, 1.807) is 12.4 Å². The van der Waals surface area contributed by atoms with E-state index >= 15 is 0 Å². The van der Waals surface area contributed by atoms with E-state index in [1.807, 2.05) is 30.8 Å². The van der Waals surface area contributed by atoms with Gasteiger partial charge in [0.15, 0.2) is 0 Å². The molecule has 0 aromatic carbocycles. The first-order valence-corrected chi connectivity index (χ1v) is 3.91. The van der Waals surface area contributed by atoms with Gasteiger partial charge in [-0.1, -0.05) is 12.1 Å². The summed E-state index contributed by atoms with van der Waals surface area (Å²) in [4.78, 5) is 8.30. The van der Waals surface area contributed by atoms with Crippen molar-refractivity contribution in [3.8, 4) is 0 Å². The molecule has 0 saturated heterocycles. The molecule has 2 nitrogen and oxygen atoms in total. The lowest BCUT2D eigenvalue weighted by molar-refractivity contribution is 0.903. The van der Waals surface area contributed by atoms with Crippen molar-refractivity contribution < 1.29 is 0 Å². The van der Waals surface area contributed by atoms with Crippen LogP contribution in [0.3, 0.4) is 0 Å². The van der Waals surface area contributed by atoms with E-state index in [0.717, 1.165) is 5.69 Å². The average molecular weight is 157 g/mol. The molecule has 0 spiro atoms. The molecule has 1 aromatic heterocycles. The molecule has 2 rings (SSSR count). The lowest BCUT2D eigenvalue weighted by Crippen LogP contribution is -2.00. The summed E-state index contributed by atoms with van der Waals surface area (Å²) in [5.41, 5.74) is 1.05. The maximum absolute atomic E-state index is 4.25. The number of hydrogen-bond acceptors (Lipinski definition) is 2. The third-order valence-electron chi connectivity index (χ3n) is 1.77. The van der Waals surface area contributed by atoms with Gasteiger partial charge in [0.25, 0.3) is 0 Å². The van der Waals surface area contributed by atoms with Gasteiger partial charge in [0.1, 0.15) is 0 Å². The monoisotopic (exact) mass is 157 g/mol. The molecule has 1 atom stereocenters. The normalized spacial score (nSPS) is 21.2. The van der Waals surface area contributed by atoms with Crippen LogP contribution in [-0.4, -0.2) is 11.2 Å². The van der Waals surface area contributed by atoms with Gasteiger partial charge >= 0.3 is 0 Å². The highest BCUT2D eigenvalue weighted by molar-refractivity contribution is 5.73. The molecule has 59 valence electrons. The van der Waals surface area contributed by atoms with Crippen LogP contribution in [0, 0.1) is 6.54 Å². The van der Waals surface area contributed by atoms with E-state index in [9.17, 15) is 0 Å². The van der Waals surface area contributed by atoms with E-state index in [4.69, 9.17) is 0 Å². The Balaban J connectivity index is 2.21. The summed E-state index contributed by atoms with van der Waals surface area (Å²) in [6, 6.07) is 5.91. The van der Waals surface area contributed by atoms with Crippen molar-refractivity contribution in [2.24, 2.45) is 4.99 Å². The van der Waals surface area contributed by atoms with Crippen molar-refractivity contribution in [1.82, 2.24) is 4.98 Å². The van der Waals surface area contributed by atoms with Gasteiger partial charge in [-0.3, -0.25) is 9.98 Å². The SMILES string of the molecule is [CH]1N=CC=CC1c1ccccn1. The molecule has 0 fully saturated rings. The van der Waals surface area contributed by atoms with Gasteiger partial charge in [0.05, 0.1) is 6.54 Å². The topological polar surface area (TPSA) is 25.2 Å². The first-order chi connectivity index (χ1) is 5.97. The Kier molecular flexibility index (Phi) is 1.99. The minimum Gasteiger partial charge on any atom is -0.287 e. The van der Waals surface area contributed by atoms with Gasteiger partial charge in [-0.05, 0) is 18.2 Å². The number of nitrogens with zero attached hydrogens (tertiary/aromatic N) is 2. The van der Waals surface area contributed by atoms with Crippen molar-refractivity contribution in [1.29, 1.82) is 0 Å². The average Bonchev–Trinajstić information content (AvgIpc) is 2.21. The molecule has 1 radical (unpaired) electrons. The fourth-order valence-electron chi connectivity index (χ4n) is 1.16. The van der Waals surface area contributed by atoms with Gasteiger partial charge in [0.2, 0.25) is 0 Å². The fraction of sp³-hybridized carbons (Fsp3) is 0.100. The smallest absolute Gasteiger partial charge is 0.0850 e. The Morgan fingerprint density at radius 1 is 1.25 bits per heavy atom. The standard InChI is InChI=1S/C10H9N2/c1-2-7-12-10(5-1)9-4-3-6-11-8-9/h1-9H. The molecular formula is C10H9N2. The zero-order valence-electron chi connectivity index (χ0n) is 6.59. The Labute approximate surface area is 71.7 Å². The first kappa shape index (κ1) is 7.22. The van der Waals surface area contributed by atoms with Crippen LogP contribution in [0.25, 0.3) is 0 Å². The maximum Gasteiger partial charge on any atom is 0.0850 e. The second-order valence-corrected chi connectivity index (χ2v) is 2.61. The van der Waals surface area contributed by atoms with Crippen molar-refractivity contribution in [3.05, 3.63) is 48.8 Å². The van der Waals surface area contributed by atoms with Crippen molar-refractivity contribution in [3.63, 3.8) is 0 Å². The van der Waals surface area contributed by atoms with E-state index in [-0.39, 0.29) is 5.92 Å². The van der Waals surface area contributed by atoms with E-state index in [1.165, 1.54) is 0 Å². The summed E-state index contributed by atoms with van der Waals surface area (Å²) < 4.78 is 0. The summed E-state index contributed by atoms with van der Waals surface area (Å²) in [5.74, 6) is 0.246. The minimum absolute atomic E-state index is 0.246. The lowest BCUT2D eigenvalue weighted by atomic mass is 10.0. The van der Waals surface area contributed by atoms with Crippen LogP contribution < -0.4 is 0 Å². The third kappa shape index (κ3) is 1.42. The van der Waals surface area contributed by atoms with Crippen LogP contribution in [0.2, 0.25) is 0 Å². The molecule has 12 heavy (non-hydrogen) atoms. The van der Waals surface area contributed by atoms with E-state index in [2.05, 4.69) is 16.1 Å². The molecule has 1 unspecified atom stereocenters. The Morgan fingerprint density at radius 3 is 2.92 bits per heavy atom. The zero-order valence-corrected chi connectivity index (χ0v) is 6.59. The third-order valence-corrected chi connectivity index (χ3v) is 1.77. The van der Waals surface area contributed by atoms with Crippen molar-refractivity contribution in [2.75, 3.05) is 0 Å². The predicted molar refractivity (Wildman–Crippen MR) is 48.9 cm³/mol. The predicted octanol–water partition coefficient (Wildman–Crippen LogP) is 1.97. The van der Waals surface area contributed by atoms with E-state index in [0.29, 0.717) is 0 Å². The first-order valence-electron chi connectivity index (χ1n) is 3.91. The van der Waals surface area contributed by atoms with Crippen LogP contribution in [0.15, 0.2) is 41.5 Å². The van der Waals surface area contributed by atoms with Gasteiger partial charge in [-0.2, -0.15) is 0 Å². The summed E-state index contributed by atoms with van der Waals surface area (Å²) in [7, 11) is 0. The maximum atomic E-state index is 4.25. The highest BCUT2D eigenvalue weighted by Crippen LogP contribution is 2.19. The van der Waals surface area contributed by atoms with E-state index < -0.39 is 0 Å². The van der Waals surface area contributed by atoms with Crippen LogP contribution in [0.1, 0.15) is 11.6 Å². The number of pyridine rings is 1. The minimum atomic E-state index is 0.246. The number of aromatic nitrogens is 1. The molecular weight excluding hydrogens is 148 g/mol. The largest absolute Gasteiger partial charge is 0.287 e. The van der Waals surface area contributed by atoms with Crippen molar-refractivity contribution in [2.45, 2.75) is 5.92 Å². The van der Waals surface area contributed by atoms with Gasteiger partial charge < -0.3 is 0 Å². The fourth-order valence-corrected chi connectivity index (χ4v) is 1.16.